The van der Waals surface area contributed by atoms with E-state index in [1.165, 1.54) is 24.3 Å². The Bertz CT molecular complexity index is 758. The lowest BCUT2D eigenvalue weighted by Gasteiger charge is -2.11. The Hall–Kier alpha value is -2.08. The predicted octanol–water partition coefficient (Wildman–Crippen LogP) is 2.83. The predicted molar refractivity (Wildman–Crippen MR) is 77.5 cm³/mol. The van der Waals surface area contributed by atoms with Crippen molar-refractivity contribution in [1.82, 2.24) is 0 Å². The number of benzene rings is 2. The first kappa shape index (κ1) is 14.3. The summed E-state index contributed by atoms with van der Waals surface area (Å²) in [5.41, 5.74) is 7.26. The molecule has 0 fully saturated rings. The lowest BCUT2D eigenvalue weighted by molar-refractivity contribution is 0.600. The molecular weight excluding hydrogens is 279 g/mol. The highest BCUT2D eigenvalue weighted by atomic mass is 32.2. The highest BCUT2D eigenvalue weighted by Crippen LogP contribution is 2.22. The maximum atomic E-state index is 13.4. The summed E-state index contributed by atoms with van der Waals surface area (Å²) < 4.78 is 40.3. The van der Waals surface area contributed by atoms with Gasteiger partial charge in [0.2, 0.25) is 0 Å². The lowest BCUT2D eigenvalue weighted by Crippen LogP contribution is -2.14. The highest BCUT2D eigenvalue weighted by Gasteiger charge is 2.17. The number of nitrogen functional groups attached to an aromatic ring is 1. The Morgan fingerprint density at radius 1 is 1.05 bits per heavy atom. The normalized spacial score (nSPS) is 11.3. The molecule has 0 heterocycles. The second-order valence-corrected chi connectivity index (χ2v) is 6.25. The Labute approximate surface area is 117 Å². The van der Waals surface area contributed by atoms with Crippen LogP contribution >= 0.6 is 0 Å². The third-order valence-electron chi connectivity index (χ3n) is 2.91. The molecule has 0 saturated carbocycles. The van der Waals surface area contributed by atoms with E-state index in [-0.39, 0.29) is 10.6 Å². The van der Waals surface area contributed by atoms with E-state index in [0.29, 0.717) is 16.8 Å². The summed E-state index contributed by atoms with van der Waals surface area (Å²) >= 11 is 0. The molecule has 3 N–H and O–H groups in total. The highest BCUT2D eigenvalue weighted by molar-refractivity contribution is 7.92. The Morgan fingerprint density at radius 2 is 1.75 bits per heavy atom. The van der Waals surface area contributed by atoms with Gasteiger partial charge in [0.1, 0.15) is 5.82 Å². The molecule has 0 aliphatic carbocycles. The van der Waals surface area contributed by atoms with Crippen LogP contribution in [0, 0.1) is 19.7 Å². The zero-order chi connectivity index (χ0) is 14.9. The lowest BCUT2D eigenvalue weighted by atomic mass is 10.2. The summed E-state index contributed by atoms with van der Waals surface area (Å²) in [6.07, 6.45) is 0. The summed E-state index contributed by atoms with van der Waals surface area (Å²) in [4.78, 5) is 0.118. The van der Waals surface area contributed by atoms with Crippen LogP contribution in [0.1, 0.15) is 11.1 Å². The monoisotopic (exact) mass is 294 g/mol. The van der Waals surface area contributed by atoms with Gasteiger partial charge in [-0.05, 0) is 55.3 Å². The summed E-state index contributed by atoms with van der Waals surface area (Å²) in [6, 6.07) is 8.70. The first-order valence-electron chi connectivity index (χ1n) is 5.95. The summed E-state index contributed by atoms with van der Waals surface area (Å²) in [5, 5.41) is 0. The van der Waals surface area contributed by atoms with Gasteiger partial charge in [0.25, 0.3) is 10.0 Å². The van der Waals surface area contributed by atoms with E-state index in [2.05, 4.69) is 4.72 Å². The van der Waals surface area contributed by atoms with Crippen LogP contribution in [-0.4, -0.2) is 8.42 Å². The number of nitrogens with one attached hydrogen (secondary N) is 1. The van der Waals surface area contributed by atoms with E-state index in [9.17, 15) is 12.8 Å². The van der Waals surface area contributed by atoms with Crippen LogP contribution in [0.5, 0.6) is 0 Å². The van der Waals surface area contributed by atoms with Crippen molar-refractivity contribution in [2.45, 2.75) is 18.7 Å². The van der Waals surface area contributed by atoms with Crippen molar-refractivity contribution in [1.29, 1.82) is 0 Å². The number of anilines is 2. The van der Waals surface area contributed by atoms with E-state index in [1.54, 1.807) is 19.9 Å². The fraction of sp³-hybridized carbons (Fsp3) is 0.143. The van der Waals surface area contributed by atoms with Crippen LogP contribution in [0.4, 0.5) is 15.8 Å². The van der Waals surface area contributed by atoms with E-state index in [0.717, 1.165) is 6.07 Å². The summed E-state index contributed by atoms with van der Waals surface area (Å²) in [5.74, 6) is -0.459. The Kier molecular flexibility index (Phi) is 3.67. The molecule has 4 nitrogen and oxygen atoms in total. The molecule has 2 aromatic rings. The largest absolute Gasteiger partial charge is 0.399 e. The van der Waals surface area contributed by atoms with Crippen molar-refractivity contribution < 1.29 is 12.8 Å². The molecule has 0 bridgehead atoms. The average molecular weight is 294 g/mol. The minimum absolute atomic E-state index is 0.118. The van der Waals surface area contributed by atoms with Crippen LogP contribution < -0.4 is 10.5 Å². The molecule has 0 spiro atoms. The molecule has 0 radical (unpaired) electrons. The zero-order valence-corrected chi connectivity index (χ0v) is 12.0. The Balaban J connectivity index is 2.38. The minimum Gasteiger partial charge on any atom is -0.399 e. The summed E-state index contributed by atoms with van der Waals surface area (Å²) in [7, 11) is -3.76. The Morgan fingerprint density at radius 3 is 2.35 bits per heavy atom. The standard InChI is InChI=1S/C14H15FN2O2S/c1-9-3-5-12(8-13(9)15)17-20(18,19)14-6-4-11(16)7-10(14)2/h3-8,17H,16H2,1-2H3. The number of nitrogens with two attached hydrogens (primary N) is 1. The van der Waals surface area contributed by atoms with Crippen molar-refractivity contribution in [3.8, 4) is 0 Å². The first-order valence-corrected chi connectivity index (χ1v) is 7.43. The second kappa shape index (κ2) is 5.13. The molecule has 0 unspecified atom stereocenters. The van der Waals surface area contributed by atoms with Crippen molar-refractivity contribution in [3.63, 3.8) is 0 Å². The summed E-state index contributed by atoms with van der Waals surface area (Å²) in [6.45, 7) is 3.26. The van der Waals surface area contributed by atoms with Gasteiger partial charge in [-0.2, -0.15) is 0 Å². The maximum Gasteiger partial charge on any atom is 0.262 e. The first-order chi connectivity index (χ1) is 9.29. The third kappa shape index (κ3) is 2.91. The van der Waals surface area contributed by atoms with Crippen LogP contribution in [-0.2, 0) is 10.0 Å². The topological polar surface area (TPSA) is 72.2 Å². The molecule has 0 aromatic heterocycles. The molecule has 2 rings (SSSR count). The molecular formula is C14H15FN2O2S. The second-order valence-electron chi connectivity index (χ2n) is 4.59. The van der Waals surface area contributed by atoms with Gasteiger partial charge >= 0.3 is 0 Å². The molecule has 2 aromatic carbocycles. The van der Waals surface area contributed by atoms with Gasteiger partial charge in [0.15, 0.2) is 0 Å². The molecule has 0 atom stereocenters. The number of hydrogen-bond donors (Lipinski definition) is 2. The number of sulfonamides is 1. The van der Waals surface area contributed by atoms with Crippen molar-refractivity contribution in [2.24, 2.45) is 0 Å². The van der Waals surface area contributed by atoms with Crippen LogP contribution in [0.3, 0.4) is 0 Å². The molecule has 20 heavy (non-hydrogen) atoms. The molecule has 0 aliphatic heterocycles. The number of halogens is 1. The average Bonchev–Trinajstić information content (AvgIpc) is 2.33. The molecule has 0 aliphatic rings. The van der Waals surface area contributed by atoms with E-state index >= 15 is 0 Å². The van der Waals surface area contributed by atoms with Gasteiger partial charge in [-0.3, -0.25) is 4.72 Å². The van der Waals surface area contributed by atoms with Gasteiger partial charge in [0, 0.05) is 5.69 Å². The van der Waals surface area contributed by atoms with E-state index in [4.69, 9.17) is 5.73 Å². The fourth-order valence-electron chi connectivity index (χ4n) is 1.84. The quantitative estimate of drug-likeness (QED) is 0.855. The van der Waals surface area contributed by atoms with Crippen LogP contribution in [0.2, 0.25) is 0 Å². The van der Waals surface area contributed by atoms with Crippen molar-refractivity contribution >= 4 is 21.4 Å². The van der Waals surface area contributed by atoms with Crippen LogP contribution in [0.15, 0.2) is 41.3 Å². The smallest absolute Gasteiger partial charge is 0.262 e. The van der Waals surface area contributed by atoms with Crippen molar-refractivity contribution in [2.75, 3.05) is 10.5 Å². The van der Waals surface area contributed by atoms with Gasteiger partial charge in [0.05, 0.1) is 10.6 Å². The van der Waals surface area contributed by atoms with Crippen LogP contribution in [0.25, 0.3) is 0 Å². The fourth-order valence-corrected chi connectivity index (χ4v) is 3.12. The van der Waals surface area contributed by atoms with E-state index in [1.807, 2.05) is 0 Å². The van der Waals surface area contributed by atoms with Gasteiger partial charge in [-0.15, -0.1) is 0 Å². The van der Waals surface area contributed by atoms with Gasteiger partial charge < -0.3 is 5.73 Å². The maximum absolute atomic E-state index is 13.4. The molecule has 106 valence electrons. The van der Waals surface area contributed by atoms with Gasteiger partial charge in [-0.1, -0.05) is 6.07 Å². The number of hydrogen-bond acceptors (Lipinski definition) is 3. The van der Waals surface area contributed by atoms with E-state index < -0.39 is 15.8 Å². The minimum atomic E-state index is -3.76. The molecule has 6 heteroatoms. The third-order valence-corrected chi connectivity index (χ3v) is 4.45. The van der Waals surface area contributed by atoms with Gasteiger partial charge in [-0.25, -0.2) is 12.8 Å². The number of aryl methyl sites for hydroxylation is 2. The number of rotatable bonds is 3. The molecule has 0 saturated heterocycles. The molecule has 0 amide bonds. The zero-order valence-electron chi connectivity index (χ0n) is 11.1. The van der Waals surface area contributed by atoms with Crippen molar-refractivity contribution in [3.05, 3.63) is 53.3 Å². The SMILES string of the molecule is Cc1ccc(NS(=O)(=O)c2ccc(N)cc2C)cc1F.